The number of benzene rings is 2. The summed E-state index contributed by atoms with van der Waals surface area (Å²) in [5.41, 5.74) is 14.4. The van der Waals surface area contributed by atoms with Gasteiger partial charge in [0.25, 0.3) is 0 Å². The van der Waals surface area contributed by atoms with Crippen LogP contribution in [0.5, 0.6) is 5.75 Å². The molecule has 0 radical (unpaired) electrons. The maximum absolute atomic E-state index is 9.70. The number of aromatic nitrogens is 2. The van der Waals surface area contributed by atoms with Gasteiger partial charge in [0.2, 0.25) is 5.95 Å². The summed E-state index contributed by atoms with van der Waals surface area (Å²) in [4.78, 5) is 8.32. The molecule has 0 saturated carbocycles. The van der Waals surface area contributed by atoms with E-state index < -0.39 is 0 Å². The van der Waals surface area contributed by atoms with Gasteiger partial charge >= 0.3 is 0 Å². The number of phenolic OH excluding ortho intramolecular Hbond substituents is 1. The molecule has 5 N–H and O–H groups in total. The molecule has 0 unspecified atom stereocenters. The maximum Gasteiger partial charge on any atom is 0.222 e. The van der Waals surface area contributed by atoms with E-state index in [0.717, 1.165) is 5.56 Å². The minimum absolute atomic E-state index is 0.0800. The van der Waals surface area contributed by atoms with Crippen LogP contribution in [-0.2, 0) is 0 Å². The Morgan fingerprint density at radius 1 is 0.909 bits per heavy atom. The molecule has 0 atom stereocenters. The topological polar surface area (TPSA) is 98.0 Å². The lowest BCUT2D eigenvalue weighted by molar-refractivity contribution is 0.475. The van der Waals surface area contributed by atoms with Gasteiger partial charge < -0.3 is 16.6 Å². The first kappa shape index (κ1) is 14.2. The van der Waals surface area contributed by atoms with Crippen molar-refractivity contribution in [3.05, 3.63) is 53.6 Å². The SMILES string of the molecule is Nc1nc(N)c(-c2cccc(O)c2)c(-c2cccc(Cl)c2)n1. The monoisotopic (exact) mass is 312 g/mol. The Morgan fingerprint density at radius 2 is 1.64 bits per heavy atom. The highest BCUT2D eigenvalue weighted by atomic mass is 35.5. The van der Waals surface area contributed by atoms with Crippen LogP contribution in [0.15, 0.2) is 48.5 Å². The Kier molecular flexibility index (Phi) is 3.56. The zero-order valence-corrected chi connectivity index (χ0v) is 12.2. The molecule has 3 aromatic rings. The average molecular weight is 313 g/mol. The highest BCUT2D eigenvalue weighted by Crippen LogP contribution is 2.36. The van der Waals surface area contributed by atoms with Crippen LogP contribution in [0.2, 0.25) is 5.02 Å². The largest absolute Gasteiger partial charge is 0.508 e. The fourth-order valence-electron chi connectivity index (χ4n) is 2.29. The van der Waals surface area contributed by atoms with Crippen LogP contribution >= 0.6 is 11.6 Å². The zero-order chi connectivity index (χ0) is 15.7. The van der Waals surface area contributed by atoms with Crippen LogP contribution in [0, 0.1) is 0 Å². The number of anilines is 2. The molecule has 0 saturated heterocycles. The molecule has 22 heavy (non-hydrogen) atoms. The summed E-state index contributed by atoms with van der Waals surface area (Å²) in [6, 6.07) is 13.9. The fraction of sp³-hybridized carbons (Fsp3) is 0. The molecule has 0 aliphatic rings. The quantitative estimate of drug-likeness (QED) is 0.674. The molecule has 0 spiro atoms. The summed E-state index contributed by atoms with van der Waals surface area (Å²) in [6.45, 7) is 0. The number of rotatable bonds is 2. The van der Waals surface area contributed by atoms with Crippen molar-refractivity contribution >= 4 is 23.4 Å². The second-order valence-electron chi connectivity index (χ2n) is 4.75. The lowest BCUT2D eigenvalue weighted by Gasteiger charge is -2.12. The van der Waals surface area contributed by atoms with E-state index in [-0.39, 0.29) is 17.5 Å². The number of nitrogen functional groups attached to an aromatic ring is 2. The first-order chi connectivity index (χ1) is 10.5. The number of halogens is 1. The van der Waals surface area contributed by atoms with Gasteiger partial charge in [-0.1, -0.05) is 35.9 Å². The molecular weight excluding hydrogens is 300 g/mol. The van der Waals surface area contributed by atoms with Crippen molar-refractivity contribution in [3.8, 4) is 28.1 Å². The first-order valence-corrected chi connectivity index (χ1v) is 6.91. The van der Waals surface area contributed by atoms with Crippen LogP contribution in [0.1, 0.15) is 0 Å². The van der Waals surface area contributed by atoms with Gasteiger partial charge in [0.05, 0.1) is 11.3 Å². The number of hydrogen-bond acceptors (Lipinski definition) is 5. The van der Waals surface area contributed by atoms with Gasteiger partial charge in [-0.2, -0.15) is 4.98 Å². The summed E-state index contributed by atoms with van der Waals surface area (Å²) < 4.78 is 0. The number of phenols is 1. The van der Waals surface area contributed by atoms with Crippen LogP contribution in [-0.4, -0.2) is 15.1 Å². The van der Waals surface area contributed by atoms with E-state index in [1.165, 1.54) is 0 Å². The number of hydrogen-bond donors (Lipinski definition) is 3. The summed E-state index contributed by atoms with van der Waals surface area (Å²) >= 11 is 6.05. The van der Waals surface area contributed by atoms with E-state index in [1.807, 2.05) is 18.2 Å². The Hall–Kier alpha value is -2.79. The van der Waals surface area contributed by atoms with Crippen molar-refractivity contribution in [3.63, 3.8) is 0 Å². The van der Waals surface area contributed by atoms with E-state index in [1.54, 1.807) is 30.3 Å². The van der Waals surface area contributed by atoms with E-state index in [4.69, 9.17) is 23.1 Å². The third kappa shape index (κ3) is 2.66. The Bertz CT molecular complexity index is 851. The molecule has 110 valence electrons. The van der Waals surface area contributed by atoms with Gasteiger partial charge in [-0.3, -0.25) is 0 Å². The molecule has 0 aliphatic heterocycles. The normalized spacial score (nSPS) is 10.6. The third-order valence-electron chi connectivity index (χ3n) is 3.19. The van der Waals surface area contributed by atoms with Gasteiger partial charge in [-0.05, 0) is 29.8 Å². The highest BCUT2D eigenvalue weighted by Gasteiger charge is 2.16. The molecule has 0 fully saturated rings. The predicted octanol–water partition coefficient (Wildman–Crippen LogP) is 3.33. The molecule has 0 aliphatic carbocycles. The van der Waals surface area contributed by atoms with Crippen molar-refractivity contribution in [1.29, 1.82) is 0 Å². The summed E-state index contributed by atoms with van der Waals surface area (Å²) in [5, 5.41) is 10.3. The van der Waals surface area contributed by atoms with Crippen molar-refractivity contribution in [1.82, 2.24) is 9.97 Å². The molecule has 6 heteroatoms. The lowest BCUT2D eigenvalue weighted by Crippen LogP contribution is -2.04. The first-order valence-electron chi connectivity index (χ1n) is 6.53. The van der Waals surface area contributed by atoms with Crippen LogP contribution < -0.4 is 11.5 Å². The molecule has 5 nitrogen and oxygen atoms in total. The zero-order valence-electron chi connectivity index (χ0n) is 11.5. The van der Waals surface area contributed by atoms with Crippen molar-refractivity contribution in [2.45, 2.75) is 0 Å². The standard InChI is InChI=1S/C16H13ClN4O/c17-11-5-1-4-10(7-11)14-13(15(18)21-16(19)20-14)9-3-2-6-12(22)8-9/h1-8,22H,(H4,18,19,20,21). The molecule has 0 bridgehead atoms. The molecule has 1 aromatic heterocycles. The Balaban J connectivity index is 2.30. The number of nitrogens with two attached hydrogens (primary N) is 2. The molecule has 2 aromatic carbocycles. The summed E-state index contributed by atoms with van der Waals surface area (Å²) in [6.07, 6.45) is 0. The van der Waals surface area contributed by atoms with Crippen LogP contribution in [0.25, 0.3) is 22.4 Å². The molecule has 1 heterocycles. The van der Waals surface area contributed by atoms with Crippen LogP contribution in [0.3, 0.4) is 0 Å². The van der Waals surface area contributed by atoms with E-state index in [0.29, 0.717) is 21.8 Å². The summed E-state index contributed by atoms with van der Waals surface area (Å²) in [5.74, 6) is 0.454. The number of nitrogens with zero attached hydrogens (tertiary/aromatic N) is 2. The van der Waals surface area contributed by atoms with Gasteiger partial charge in [0, 0.05) is 10.6 Å². The Labute approximate surface area is 132 Å². The lowest BCUT2D eigenvalue weighted by atomic mass is 9.99. The van der Waals surface area contributed by atoms with Crippen molar-refractivity contribution < 1.29 is 5.11 Å². The third-order valence-corrected chi connectivity index (χ3v) is 3.42. The van der Waals surface area contributed by atoms with Gasteiger partial charge in [-0.15, -0.1) is 0 Å². The predicted molar refractivity (Wildman–Crippen MR) is 88.4 cm³/mol. The van der Waals surface area contributed by atoms with E-state index in [9.17, 15) is 5.11 Å². The summed E-state index contributed by atoms with van der Waals surface area (Å²) in [7, 11) is 0. The minimum Gasteiger partial charge on any atom is -0.508 e. The van der Waals surface area contributed by atoms with Crippen molar-refractivity contribution in [2.24, 2.45) is 0 Å². The minimum atomic E-state index is 0.0800. The Morgan fingerprint density at radius 3 is 2.36 bits per heavy atom. The van der Waals surface area contributed by atoms with Gasteiger partial charge in [0.1, 0.15) is 11.6 Å². The maximum atomic E-state index is 9.70. The van der Waals surface area contributed by atoms with Crippen LogP contribution in [0.4, 0.5) is 11.8 Å². The van der Waals surface area contributed by atoms with E-state index in [2.05, 4.69) is 9.97 Å². The molecule has 3 rings (SSSR count). The van der Waals surface area contributed by atoms with E-state index >= 15 is 0 Å². The second-order valence-corrected chi connectivity index (χ2v) is 5.19. The van der Waals surface area contributed by atoms with Gasteiger partial charge in [0.15, 0.2) is 0 Å². The second kappa shape index (κ2) is 5.54. The number of aromatic hydroxyl groups is 1. The fourth-order valence-corrected chi connectivity index (χ4v) is 2.48. The molecule has 0 amide bonds. The highest BCUT2D eigenvalue weighted by molar-refractivity contribution is 6.30. The molecular formula is C16H13ClN4O. The van der Waals surface area contributed by atoms with Gasteiger partial charge in [-0.25, -0.2) is 4.98 Å². The smallest absolute Gasteiger partial charge is 0.222 e. The van der Waals surface area contributed by atoms with Crippen molar-refractivity contribution in [2.75, 3.05) is 11.5 Å². The average Bonchev–Trinajstić information content (AvgIpc) is 2.46.